The average Bonchev–Trinajstić information content (AvgIpc) is 2.39. The maximum absolute atomic E-state index is 11.1. The second-order valence-electron chi connectivity index (χ2n) is 3.97. The quantitative estimate of drug-likeness (QED) is 0.842. The average molecular weight is 278 g/mol. The molecule has 0 atom stereocenters. The van der Waals surface area contributed by atoms with Gasteiger partial charge in [-0.15, -0.1) is 5.10 Å². The molecule has 0 unspecified atom stereocenters. The fraction of sp³-hybridized carbons (Fsp3) is 0.167. The summed E-state index contributed by atoms with van der Waals surface area (Å²) in [6.07, 6.45) is 2.36. The third kappa shape index (κ3) is 4.01. The number of rotatable bonds is 5. The van der Waals surface area contributed by atoms with Gasteiger partial charge in [-0.2, -0.15) is 5.10 Å². The molecule has 6 nitrogen and oxygen atoms in total. The van der Waals surface area contributed by atoms with E-state index in [-0.39, 0.29) is 4.90 Å². The van der Waals surface area contributed by atoms with Gasteiger partial charge in [0.2, 0.25) is 10.0 Å². The van der Waals surface area contributed by atoms with Crippen LogP contribution >= 0.6 is 0 Å². The molecule has 0 amide bonds. The van der Waals surface area contributed by atoms with E-state index in [0.29, 0.717) is 12.4 Å². The molecule has 0 fully saturated rings. The summed E-state index contributed by atoms with van der Waals surface area (Å²) in [5.74, 6) is 0.712. The Morgan fingerprint density at radius 2 is 1.89 bits per heavy atom. The zero-order chi connectivity index (χ0) is 13.7. The van der Waals surface area contributed by atoms with Crippen molar-refractivity contribution in [1.82, 2.24) is 10.2 Å². The van der Waals surface area contributed by atoms with Crippen molar-refractivity contribution in [1.29, 1.82) is 0 Å². The lowest BCUT2D eigenvalue weighted by Crippen LogP contribution is -2.12. The third-order valence-corrected chi connectivity index (χ3v) is 3.47. The first-order chi connectivity index (χ1) is 9.05. The fourth-order valence-electron chi connectivity index (χ4n) is 1.58. The molecule has 0 aliphatic rings. The number of nitrogens with one attached hydrogen (secondary N) is 1. The molecular formula is C12H14N4O2S. The molecule has 19 heavy (non-hydrogen) atoms. The predicted molar refractivity (Wildman–Crippen MR) is 72.0 cm³/mol. The van der Waals surface area contributed by atoms with Crippen molar-refractivity contribution < 1.29 is 8.42 Å². The van der Waals surface area contributed by atoms with Gasteiger partial charge in [0, 0.05) is 12.7 Å². The number of hydrogen-bond donors (Lipinski definition) is 2. The minimum absolute atomic E-state index is 0.123. The number of anilines is 1. The summed E-state index contributed by atoms with van der Waals surface area (Å²) in [4.78, 5) is 0.123. The summed E-state index contributed by atoms with van der Waals surface area (Å²) in [6.45, 7) is 0.688. The summed E-state index contributed by atoms with van der Waals surface area (Å²) < 4.78 is 22.2. The summed E-state index contributed by atoms with van der Waals surface area (Å²) in [7, 11) is -3.62. The van der Waals surface area contributed by atoms with Crippen LogP contribution < -0.4 is 10.5 Å². The van der Waals surface area contributed by atoms with Gasteiger partial charge in [0.25, 0.3) is 0 Å². The molecule has 0 bridgehead atoms. The van der Waals surface area contributed by atoms with Crippen LogP contribution in [0.3, 0.4) is 0 Å². The number of hydrogen-bond acceptors (Lipinski definition) is 5. The van der Waals surface area contributed by atoms with E-state index in [4.69, 9.17) is 5.14 Å². The van der Waals surface area contributed by atoms with Crippen LogP contribution in [0, 0.1) is 0 Å². The first-order valence-corrected chi connectivity index (χ1v) is 7.24. The lowest BCUT2D eigenvalue weighted by atomic mass is 10.1. The van der Waals surface area contributed by atoms with Crippen LogP contribution in [-0.2, 0) is 16.4 Å². The Balaban J connectivity index is 1.90. The standard InChI is InChI=1S/C12H14N4O2S/c13-19(17,18)11-5-3-10(4-6-11)7-9-14-12-2-1-8-15-16-12/h1-6,8H,7,9H2,(H,14,16)(H2,13,17,18). The number of aromatic nitrogens is 2. The van der Waals surface area contributed by atoms with Gasteiger partial charge in [0.05, 0.1) is 4.90 Å². The highest BCUT2D eigenvalue weighted by molar-refractivity contribution is 7.89. The minimum atomic E-state index is -3.62. The van der Waals surface area contributed by atoms with Crippen molar-refractivity contribution in [3.8, 4) is 0 Å². The highest BCUT2D eigenvalue weighted by atomic mass is 32.2. The molecule has 1 aromatic heterocycles. The zero-order valence-electron chi connectivity index (χ0n) is 10.2. The normalized spacial score (nSPS) is 11.2. The Morgan fingerprint density at radius 3 is 2.47 bits per heavy atom. The fourth-order valence-corrected chi connectivity index (χ4v) is 2.09. The monoisotopic (exact) mass is 278 g/mol. The molecular weight excluding hydrogens is 264 g/mol. The molecule has 7 heteroatoms. The molecule has 100 valence electrons. The molecule has 2 rings (SSSR count). The Kier molecular flexibility index (Phi) is 4.08. The van der Waals surface area contributed by atoms with Gasteiger partial charge in [-0.25, -0.2) is 13.6 Å². The van der Waals surface area contributed by atoms with Gasteiger partial charge in [-0.05, 0) is 36.2 Å². The van der Waals surface area contributed by atoms with E-state index in [1.165, 1.54) is 12.1 Å². The van der Waals surface area contributed by atoms with E-state index in [1.54, 1.807) is 24.4 Å². The van der Waals surface area contributed by atoms with Crippen molar-refractivity contribution in [2.45, 2.75) is 11.3 Å². The summed E-state index contributed by atoms with van der Waals surface area (Å²) >= 11 is 0. The summed E-state index contributed by atoms with van der Waals surface area (Å²) in [5.41, 5.74) is 1.02. The van der Waals surface area contributed by atoms with Gasteiger partial charge >= 0.3 is 0 Å². The first-order valence-electron chi connectivity index (χ1n) is 5.69. The second kappa shape index (κ2) is 5.77. The van der Waals surface area contributed by atoms with Crippen molar-refractivity contribution in [2.24, 2.45) is 5.14 Å². The SMILES string of the molecule is NS(=O)(=O)c1ccc(CCNc2cccnn2)cc1. The Morgan fingerprint density at radius 1 is 1.16 bits per heavy atom. The van der Waals surface area contributed by atoms with Crippen molar-refractivity contribution in [3.63, 3.8) is 0 Å². The number of benzene rings is 1. The lowest BCUT2D eigenvalue weighted by Gasteiger charge is -2.05. The molecule has 0 spiro atoms. The second-order valence-corrected chi connectivity index (χ2v) is 5.54. The zero-order valence-corrected chi connectivity index (χ0v) is 11.0. The van der Waals surface area contributed by atoms with Crippen molar-refractivity contribution in [3.05, 3.63) is 48.2 Å². The summed E-state index contributed by atoms with van der Waals surface area (Å²) in [6, 6.07) is 10.1. The summed E-state index contributed by atoms with van der Waals surface area (Å²) in [5, 5.41) is 15.8. The number of sulfonamides is 1. The van der Waals surface area contributed by atoms with E-state index in [0.717, 1.165) is 12.0 Å². The third-order valence-electron chi connectivity index (χ3n) is 2.54. The molecule has 0 aliphatic carbocycles. The van der Waals surface area contributed by atoms with Crippen LogP contribution in [0.4, 0.5) is 5.82 Å². The van der Waals surface area contributed by atoms with Gasteiger partial charge in [-0.1, -0.05) is 12.1 Å². The maximum Gasteiger partial charge on any atom is 0.238 e. The highest BCUT2D eigenvalue weighted by Crippen LogP contribution is 2.09. The van der Waals surface area contributed by atoms with E-state index < -0.39 is 10.0 Å². The maximum atomic E-state index is 11.1. The molecule has 0 saturated carbocycles. The van der Waals surface area contributed by atoms with Crippen LogP contribution in [0.25, 0.3) is 0 Å². The predicted octanol–water partition coefficient (Wildman–Crippen LogP) is 0.779. The van der Waals surface area contributed by atoms with Crippen LogP contribution in [0.1, 0.15) is 5.56 Å². The number of primary sulfonamides is 1. The van der Waals surface area contributed by atoms with Crippen LogP contribution in [-0.4, -0.2) is 25.2 Å². The van der Waals surface area contributed by atoms with E-state index >= 15 is 0 Å². The van der Waals surface area contributed by atoms with Gasteiger partial charge in [0.1, 0.15) is 5.82 Å². The van der Waals surface area contributed by atoms with E-state index in [9.17, 15) is 8.42 Å². The lowest BCUT2D eigenvalue weighted by molar-refractivity contribution is 0.598. The van der Waals surface area contributed by atoms with E-state index in [2.05, 4.69) is 15.5 Å². The van der Waals surface area contributed by atoms with Gasteiger partial charge in [-0.3, -0.25) is 0 Å². The first kappa shape index (κ1) is 13.4. The molecule has 2 aromatic rings. The Labute approximate surface area is 111 Å². The van der Waals surface area contributed by atoms with Crippen LogP contribution in [0.5, 0.6) is 0 Å². The molecule has 0 saturated heterocycles. The molecule has 0 aliphatic heterocycles. The smallest absolute Gasteiger partial charge is 0.238 e. The Hall–Kier alpha value is -1.99. The van der Waals surface area contributed by atoms with Gasteiger partial charge in [0.15, 0.2) is 0 Å². The molecule has 3 N–H and O–H groups in total. The molecule has 1 aromatic carbocycles. The largest absolute Gasteiger partial charge is 0.368 e. The Bertz CT molecular complexity index is 627. The van der Waals surface area contributed by atoms with Crippen molar-refractivity contribution >= 4 is 15.8 Å². The van der Waals surface area contributed by atoms with Gasteiger partial charge < -0.3 is 5.32 Å². The van der Waals surface area contributed by atoms with Crippen LogP contribution in [0.15, 0.2) is 47.5 Å². The van der Waals surface area contributed by atoms with Crippen LogP contribution in [0.2, 0.25) is 0 Å². The molecule has 0 radical (unpaired) electrons. The minimum Gasteiger partial charge on any atom is -0.368 e. The van der Waals surface area contributed by atoms with E-state index in [1.807, 2.05) is 6.07 Å². The highest BCUT2D eigenvalue weighted by Gasteiger charge is 2.06. The van der Waals surface area contributed by atoms with Crippen molar-refractivity contribution in [2.75, 3.05) is 11.9 Å². The number of nitrogens with two attached hydrogens (primary N) is 1. The topological polar surface area (TPSA) is 98.0 Å². The molecule has 1 heterocycles. The number of nitrogens with zero attached hydrogens (tertiary/aromatic N) is 2.